The van der Waals surface area contributed by atoms with E-state index in [2.05, 4.69) is 17.1 Å². The van der Waals surface area contributed by atoms with Gasteiger partial charge in [0.2, 0.25) is 0 Å². The molecule has 110 valence electrons. The van der Waals surface area contributed by atoms with Crippen molar-refractivity contribution in [3.05, 3.63) is 27.7 Å². The molecule has 1 aliphatic heterocycles. The van der Waals surface area contributed by atoms with Crippen molar-refractivity contribution in [2.24, 2.45) is 0 Å². The van der Waals surface area contributed by atoms with Gasteiger partial charge in [-0.25, -0.2) is 0 Å². The molecular formula is C14H19Cl2N3O. The molecule has 0 aliphatic carbocycles. The van der Waals surface area contributed by atoms with E-state index in [-0.39, 0.29) is 5.91 Å². The molecule has 3 N–H and O–H groups in total. The van der Waals surface area contributed by atoms with E-state index in [1.54, 1.807) is 12.1 Å². The monoisotopic (exact) mass is 315 g/mol. The van der Waals surface area contributed by atoms with Crippen molar-refractivity contribution >= 4 is 34.8 Å². The van der Waals surface area contributed by atoms with Crippen LogP contribution in [0.4, 0.5) is 5.69 Å². The van der Waals surface area contributed by atoms with Crippen LogP contribution in [0.5, 0.6) is 0 Å². The van der Waals surface area contributed by atoms with Crippen molar-refractivity contribution in [1.29, 1.82) is 0 Å². The van der Waals surface area contributed by atoms with Crippen LogP contribution in [0, 0.1) is 0 Å². The van der Waals surface area contributed by atoms with Crippen LogP contribution in [0.15, 0.2) is 12.1 Å². The maximum Gasteiger partial charge on any atom is 0.251 e. The second kappa shape index (κ2) is 6.66. The molecule has 1 aromatic rings. The van der Waals surface area contributed by atoms with Crippen molar-refractivity contribution in [2.75, 3.05) is 25.4 Å². The first-order chi connectivity index (χ1) is 9.49. The lowest BCUT2D eigenvalue weighted by Gasteiger charge is -2.23. The highest BCUT2D eigenvalue weighted by molar-refractivity contribution is 6.39. The van der Waals surface area contributed by atoms with E-state index in [9.17, 15) is 4.79 Å². The third-order valence-electron chi connectivity index (χ3n) is 3.66. The van der Waals surface area contributed by atoms with E-state index in [0.29, 0.717) is 33.9 Å². The van der Waals surface area contributed by atoms with E-state index in [4.69, 9.17) is 28.9 Å². The van der Waals surface area contributed by atoms with E-state index >= 15 is 0 Å². The van der Waals surface area contributed by atoms with Gasteiger partial charge >= 0.3 is 0 Å². The first-order valence-corrected chi connectivity index (χ1v) is 7.51. The molecule has 1 aliphatic rings. The van der Waals surface area contributed by atoms with Crippen molar-refractivity contribution in [1.82, 2.24) is 10.2 Å². The summed E-state index contributed by atoms with van der Waals surface area (Å²) in [6.45, 7) is 4.94. The molecular weight excluding hydrogens is 297 g/mol. The molecule has 2 rings (SSSR count). The predicted octanol–water partition coefficient (Wildman–Crippen LogP) is 2.79. The molecule has 1 heterocycles. The lowest BCUT2D eigenvalue weighted by Crippen LogP contribution is -2.40. The van der Waals surface area contributed by atoms with Gasteiger partial charge < -0.3 is 11.1 Å². The van der Waals surface area contributed by atoms with Crippen LogP contribution in [0.2, 0.25) is 10.0 Å². The molecule has 1 atom stereocenters. The van der Waals surface area contributed by atoms with Gasteiger partial charge in [-0.3, -0.25) is 9.69 Å². The van der Waals surface area contributed by atoms with Gasteiger partial charge in [-0.15, -0.1) is 0 Å². The number of hydrogen-bond donors (Lipinski definition) is 2. The summed E-state index contributed by atoms with van der Waals surface area (Å²) < 4.78 is 0. The molecule has 0 bridgehead atoms. The van der Waals surface area contributed by atoms with Gasteiger partial charge in [0.15, 0.2) is 0 Å². The van der Waals surface area contributed by atoms with E-state index in [1.165, 1.54) is 12.8 Å². The van der Waals surface area contributed by atoms with Gasteiger partial charge in [-0.05, 0) is 45.0 Å². The van der Waals surface area contributed by atoms with Gasteiger partial charge in [0.1, 0.15) is 0 Å². The van der Waals surface area contributed by atoms with Crippen LogP contribution in [0.25, 0.3) is 0 Å². The smallest absolute Gasteiger partial charge is 0.251 e. The Labute approximate surface area is 129 Å². The summed E-state index contributed by atoms with van der Waals surface area (Å²) in [6, 6.07) is 3.42. The summed E-state index contributed by atoms with van der Waals surface area (Å²) in [5, 5.41) is 3.51. The van der Waals surface area contributed by atoms with Gasteiger partial charge in [-0.1, -0.05) is 23.2 Å². The second-order valence-electron chi connectivity index (χ2n) is 5.16. The molecule has 4 nitrogen and oxygen atoms in total. The Kier molecular flexibility index (Phi) is 5.13. The summed E-state index contributed by atoms with van der Waals surface area (Å²) in [4.78, 5) is 14.5. The second-order valence-corrected chi connectivity index (χ2v) is 5.97. The number of likely N-dealkylation sites (tertiary alicyclic amines) is 1. The van der Waals surface area contributed by atoms with E-state index < -0.39 is 0 Å². The summed E-state index contributed by atoms with van der Waals surface area (Å²) in [7, 11) is 0. The molecule has 1 fully saturated rings. The Balaban J connectivity index is 1.94. The fourth-order valence-electron chi connectivity index (χ4n) is 2.37. The fourth-order valence-corrected chi connectivity index (χ4v) is 2.86. The number of rotatable bonds is 4. The number of carbonyl (C=O) groups excluding carboxylic acids is 1. The Morgan fingerprint density at radius 1 is 1.35 bits per heavy atom. The lowest BCUT2D eigenvalue weighted by molar-refractivity contribution is 0.0940. The zero-order valence-electron chi connectivity index (χ0n) is 11.5. The molecule has 20 heavy (non-hydrogen) atoms. The summed E-state index contributed by atoms with van der Waals surface area (Å²) >= 11 is 11.9. The molecule has 1 aromatic carbocycles. The molecule has 1 amide bonds. The van der Waals surface area contributed by atoms with Crippen molar-refractivity contribution < 1.29 is 4.79 Å². The van der Waals surface area contributed by atoms with Crippen LogP contribution in [0.1, 0.15) is 30.1 Å². The molecule has 6 heteroatoms. The Bertz CT molecular complexity index is 478. The first-order valence-electron chi connectivity index (χ1n) is 6.76. The maximum absolute atomic E-state index is 12.1. The number of hydrogen-bond acceptors (Lipinski definition) is 3. The number of benzene rings is 1. The highest BCUT2D eigenvalue weighted by Crippen LogP contribution is 2.28. The standard InChI is InChI=1S/C14H19Cl2N3O/c1-9(19-4-2-3-5-19)8-18-14(20)10-6-11(15)13(17)12(16)7-10/h6-7,9H,2-5,8,17H2,1H3,(H,18,20). The normalized spacial score (nSPS) is 17.1. The summed E-state index contributed by atoms with van der Waals surface area (Å²) in [5.74, 6) is -0.181. The largest absolute Gasteiger partial charge is 0.396 e. The van der Waals surface area contributed by atoms with Gasteiger partial charge in [-0.2, -0.15) is 0 Å². The number of carbonyl (C=O) groups is 1. The van der Waals surface area contributed by atoms with Crippen molar-refractivity contribution in [3.8, 4) is 0 Å². The Morgan fingerprint density at radius 3 is 2.45 bits per heavy atom. The first kappa shape index (κ1) is 15.4. The topological polar surface area (TPSA) is 58.4 Å². The van der Waals surface area contributed by atoms with E-state index in [0.717, 1.165) is 13.1 Å². The number of nitrogens with zero attached hydrogens (tertiary/aromatic N) is 1. The molecule has 0 aromatic heterocycles. The third kappa shape index (κ3) is 3.57. The zero-order chi connectivity index (χ0) is 14.7. The van der Waals surface area contributed by atoms with Crippen LogP contribution >= 0.6 is 23.2 Å². The van der Waals surface area contributed by atoms with Gasteiger partial charge in [0, 0.05) is 18.2 Å². The average Bonchev–Trinajstić information content (AvgIpc) is 2.95. The van der Waals surface area contributed by atoms with E-state index in [1.807, 2.05) is 0 Å². The lowest BCUT2D eigenvalue weighted by atomic mass is 10.2. The quantitative estimate of drug-likeness (QED) is 0.840. The average molecular weight is 316 g/mol. The number of nitrogens with two attached hydrogens (primary N) is 1. The minimum Gasteiger partial charge on any atom is -0.396 e. The SMILES string of the molecule is CC(CNC(=O)c1cc(Cl)c(N)c(Cl)c1)N1CCCC1. The zero-order valence-corrected chi connectivity index (χ0v) is 13.0. The molecule has 0 radical (unpaired) electrons. The van der Waals surface area contributed by atoms with Gasteiger partial charge in [0.05, 0.1) is 15.7 Å². The van der Waals surface area contributed by atoms with Crippen LogP contribution in [0.3, 0.4) is 0 Å². The predicted molar refractivity (Wildman–Crippen MR) is 83.5 cm³/mol. The summed E-state index contributed by atoms with van der Waals surface area (Å²) in [5.41, 5.74) is 6.39. The van der Waals surface area contributed by atoms with Gasteiger partial charge in [0.25, 0.3) is 5.91 Å². The molecule has 1 saturated heterocycles. The maximum atomic E-state index is 12.1. The minimum absolute atomic E-state index is 0.181. The van der Waals surface area contributed by atoms with Crippen molar-refractivity contribution in [3.63, 3.8) is 0 Å². The Morgan fingerprint density at radius 2 is 1.90 bits per heavy atom. The number of nitrogen functional groups attached to an aromatic ring is 1. The molecule has 0 saturated carbocycles. The highest BCUT2D eigenvalue weighted by Gasteiger charge is 2.19. The number of nitrogens with one attached hydrogen (secondary N) is 1. The van der Waals surface area contributed by atoms with Crippen LogP contribution in [-0.2, 0) is 0 Å². The third-order valence-corrected chi connectivity index (χ3v) is 4.29. The van der Waals surface area contributed by atoms with Crippen LogP contribution < -0.4 is 11.1 Å². The fraction of sp³-hybridized carbons (Fsp3) is 0.500. The number of amides is 1. The summed E-state index contributed by atoms with van der Waals surface area (Å²) in [6.07, 6.45) is 2.48. The van der Waals surface area contributed by atoms with Crippen LogP contribution in [-0.4, -0.2) is 36.5 Å². The number of anilines is 1. The molecule has 0 spiro atoms. The number of halogens is 2. The minimum atomic E-state index is -0.181. The highest BCUT2D eigenvalue weighted by atomic mass is 35.5. The van der Waals surface area contributed by atoms with Crippen molar-refractivity contribution in [2.45, 2.75) is 25.8 Å². The molecule has 1 unspecified atom stereocenters. The Hall–Kier alpha value is -0.970.